The van der Waals surface area contributed by atoms with E-state index in [2.05, 4.69) is 10.4 Å². The molecule has 10 heteroatoms. The number of benzene rings is 2. The zero-order valence-corrected chi connectivity index (χ0v) is 20.2. The van der Waals surface area contributed by atoms with Gasteiger partial charge in [0.1, 0.15) is 12.4 Å². The molecule has 1 aromatic heterocycles. The molecular formula is C25H27FN4O4S. The first kappa shape index (κ1) is 24.7. The molecule has 0 aliphatic carbocycles. The summed E-state index contributed by atoms with van der Waals surface area (Å²) in [5, 5.41) is 6.76. The summed E-state index contributed by atoms with van der Waals surface area (Å²) in [5.74, 6) is -1.01. The van der Waals surface area contributed by atoms with Crippen LogP contribution in [-0.4, -0.2) is 41.0 Å². The normalized spacial score (nSPS) is 16.7. The van der Waals surface area contributed by atoms with Gasteiger partial charge in [-0.3, -0.25) is 9.59 Å². The van der Waals surface area contributed by atoms with E-state index in [9.17, 15) is 22.4 Å². The highest BCUT2D eigenvalue weighted by atomic mass is 32.2. The summed E-state index contributed by atoms with van der Waals surface area (Å²) in [6.45, 7) is 2.11. The molecule has 1 atom stereocenters. The van der Waals surface area contributed by atoms with Crippen LogP contribution in [0, 0.1) is 5.82 Å². The first-order valence-corrected chi connectivity index (χ1v) is 13.0. The Kier molecular flexibility index (Phi) is 7.42. The molecule has 1 saturated heterocycles. The van der Waals surface area contributed by atoms with Crippen molar-refractivity contribution in [3.05, 3.63) is 76.8 Å². The number of rotatable bonds is 7. The standard InChI is InChI=1S/C25H27FN4O4S/c1-2-19-7-5-6-16-30(19)35(33,34)20-12-10-18(11-13-20)27-24(31)17-29-25(32)15-14-23(28-29)21-8-3-4-9-22(21)26/h3-4,8-15,19H,2,5-7,16-17H2,1H3,(H,27,31)/t19-/m0/s1. The molecular weight excluding hydrogens is 471 g/mol. The van der Waals surface area contributed by atoms with E-state index < -0.39 is 27.3 Å². The zero-order valence-electron chi connectivity index (χ0n) is 19.4. The van der Waals surface area contributed by atoms with Crippen LogP contribution in [0.2, 0.25) is 0 Å². The second-order valence-electron chi connectivity index (χ2n) is 8.44. The minimum atomic E-state index is -3.62. The summed E-state index contributed by atoms with van der Waals surface area (Å²) in [6.07, 6.45) is 3.49. The Morgan fingerprint density at radius 2 is 1.83 bits per heavy atom. The highest BCUT2D eigenvalue weighted by Crippen LogP contribution is 2.27. The summed E-state index contributed by atoms with van der Waals surface area (Å²) < 4.78 is 42.8. The molecule has 3 aromatic rings. The lowest BCUT2D eigenvalue weighted by atomic mass is 10.0. The molecule has 184 valence electrons. The van der Waals surface area contributed by atoms with Crippen LogP contribution in [0.5, 0.6) is 0 Å². The van der Waals surface area contributed by atoms with Gasteiger partial charge in [-0.1, -0.05) is 25.5 Å². The van der Waals surface area contributed by atoms with Crippen LogP contribution in [0.25, 0.3) is 11.3 Å². The fraction of sp³-hybridized carbons (Fsp3) is 0.320. The summed E-state index contributed by atoms with van der Waals surface area (Å²) in [6, 6.07) is 14.6. The molecule has 2 heterocycles. The summed E-state index contributed by atoms with van der Waals surface area (Å²) in [7, 11) is -3.62. The van der Waals surface area contributed by atoms with Crippen molar-refractivity contribution in [2.75, 3.05) is 11.9 Å². The molecule has 1 N–H and O–H groups in total. The minimum Gasteiger partial charge on any atom is -0.324 e. The van der Waals surface area contributed by atoms with Crippen molar-refractivity contribution in [2.45, 2.75) is 50.1 Å². The second kappa shape index (κ2) is 10.5. The van der Waals surface area contributed by atoms with Gasteiger partial charge in [0.2, 0.25) is 15.9 Å². The highest BCUT2D eigenvalue weighted by Gasteiger charge is 2.32. The number of aromatic nitrogens is 2. The quantitative estimate of drug-likeness (QED) is 0.536. The van der Waals surface area contributed by atoms with Gasteiger partial charge in [-0.2, -0.15) is 9.40 Å². The van der Waals surface area contributed by atoms with Crippen molar-refractivity contribution >= 4 is 21.6 Å². The Morgan fingerprint density at radius 1 is 1.09 bits per heavy atom. The van der Waals surface area contributed by atoms with Crippen LogP contribution in [0.1, 0.15) is 32.6 Å². The molecule has 0 bridgehead atoms. The lowest BCUT2D eigenvalue weighted by Gasteiger charge is -2.34. The van der Waals surface area contributed by atoms with Crippen molar-refractivity contribution in [1.82, 2.24) is 14.1 Å². The maximum absolute atomic E-state index is 14.1. The zero-order chi connectivity index (χ0) is 25.0. The monoisotopic (exact) mass is 498 g/mol. The van der Waals surface area contributed by atoms with Gasteiger partial charge >= 0.3 is 0 Å². The number of nitrogens with zero attached hydrogens (tertiary/aromatic N) is 3. The van der Waals surface area contributed by atoms with Gasteiger partial charge in [0.05, 0.1) is 10.6 Å². The Labute approximate surface area is 203 Å². The van der Waals surface area contributed by atoms with Crippen LogP contribution in [0.4, 0.5) is 10.1 Å². The maximum Gasteiger partial charge on any atom is 0.267 e. The first-order chi connectivity index (χ1) is 16.8. The Morgan fingerprint density at radius 3 is 2.54 bits per heavy atom. The number of carbonyl (C=O) groups excluding carboxylic acids is 1. The Bertz CT molecular complexity index is 1370. The van der Waals surface area contributed by atoms with Crippen molar-refractivity contribution in [1.29, 1.82) is 0 Å². The largest absolute Gasteiger partial charge is 0.324 e. The van der Waals surface area contributed by atoms with Gasteiger partial charge in [0.15, 0.2) is 0 Å². The molecule has 2 aromatic carbocycles. The minimum absolute atomic E-state index is 0.000865. The van der Waals surface area contributed by atoms with Crippen molar-refractivity contribution in [3.63, 3.8) is 0 Å². The predicted octanol–water partition coefficient (Wildman–Crippen LogP) is 3.64. The van der Waals surface area contributed by atoms with Gasteiger partial charge in [-0.15, -0.1) is 0 Å². The van der Waals surface area contributed by atoms with Crippen molar-refractivity contribution in [2.24, 2.45) is 0 Å². The van der Waals surface area contributed by atoms with Crippen molar-refractivity contribution < 1.29 is 17.6 Å². The molecule has 0 saturated carbocycles. The molecule has 1 aliphatic rings. The maximum atomic E-state index is 14.1. The van der Waals surface area contributed by atoms with Crippen LogP contribution in [0.15, 0.2) is 70.4 Å². The second-order valence-corrected chi connectivity index (χ2v) is 10.3. The van der Waals surface area contributed by atoms with E-state index >= 15 is 0 Å². The number of nitrogens with one attached hydrogen (secondary N) is 1. The van der Waals surface area contributed by atoms with E-state index in [4.69, 9.17) is 0 Å². The summed E-state index contributed by atoms with van der Waals surface area (Å²) >= 11 is 0. The molecule has 1 aliphatic heterocycles. The molecule has 4 rings (SSSR count). The number of carbonyl (C=O) groups is 1. The molecule has 0 spiro atoms. The van der Waals surface area contributed by atoms with Gasteiger partial charge in [-0.25, -0.2) is 17.5 Å². The van der Waals surface area contributed by atoms with E-state index in [1.165, 1.54) is 48.5 Å². The van der Waals surface area contributed by atoms with E-state index in [1.54, 1.807) is 16.4 Å². The predicted molar refractivity (Wildman–Crippen MR) is 131 cm³/mol. The fourth-order valence-electron chi connectivity index (χ4n) is 4.26. The Balaban J connectivity index is 1.46. The van der Waals surface area contributed by atoms with Gasteiger partial charge in [0, 0.05) is 29.9 Å². The first-order valence-electron chi connectivity index (χ1n) is 11.5. The molecule has 0 radical (unpaired) electrons. The van der Waals surface area contributed by atoms with Gasteiger partial charge in [0.25, 0.3) is 5.56 Å². The topological polar surface area (TPSA) is 101 Å². The van der Waals surface area contributed by atoms with Gasteiger partial charge in [-0.05, 0) is 61.7 Å². The number of halogens is 1. The third-order valence-corrected chi connectivity index (χ3v) is 8.06. The molecule has 1 amide bonds. The molecule has 1 fully saturated rings. The lowest BCUT2D eigenvalue weighted by Crippen LogP contribution is -2.43. The number of sulfonamides is 1. The van der Waals surface area contributed by atoms with Crippen LogP contribution >= 0.6 is 0 Å². The lowest BCUT2D eigenvalue weighted by molar-refractivity contribution is -0.117. The number of hydrogen-bond acceptors (Lipinski definition) is 5. The molecule has 35 heavy (non-hydrogen) atoms. The average molecular weight is 499 g/mol. The fourth-order valence-corrected chi connectivity index (χ4v) is 6.02. The highest BCUT2D eigenvalue weighted by molar-refractivity contribution is 7.89. The van der Waals surface area contributed by atoms with Gasteiger partial charge < -0.3 is 5.32 Å². The molecule has 0 unspecified atom stereocenters. The average Bonchev–Trinajstić information content (AvgIpc) is 2.86. The Hall–Kier alpha value is -3.37. The van der Waals surface area contributed by atoms with E-state index in [1.807, 2.05) is 6.92 Å². The third kappa shape index (κ3) is 5.49. The smallest absolute Gasteiger partial charge is 0.267 e. The van der Waals surface area contributed by atoms with Crippen LogP contribution < -0.4 is 10.9 Å². The number of amides is 1. The van der Waals surface area contributed by atoms with E-state index in [0.717, 1.165) is 30.4 Å². The SMILES string of the molecule is CC[C@H]1CCCCN1S(=O)(=O)c1ccc(NC(=O)Cn2nc(-c3ccccc3F)ccc2=O)cc1. The van der Waals surface area contributed by atoms with Crippen LogP contribution in [0.3, 0.4) is 0 Å². The summed E-state index contributed by atoms with van der Waals surface area (Å²) in [5.41, 5.74) is 0.331. The number of piperidine rings is 1. The van der Waals surface area contributed by atoms with Crippen molar-refractivity contribution in [3.8, 4) is 11.3 Å². The van der Waals surface area contributed by atoms with E-state index in [-0.39, 0.29) is 28.7 Å². The molecule has 8 nitrogen and oxygen atoms in total. The van der Waals surface area contributed by atoms with E-state index in [0.29, 0.717) is 12.2 Å². The number of hydrogen-bond donors (Lipinski definition) is 1. The number of anilines is 1. The third-order valence-electron chi connectivity index (χ3n) is 6.10. The summed E-state index contributed by atoms with van der Waals surface area (Å²) in [4.78, 5) is 24.9. The van der Waals surface area contributed by atoms with Crippen LogP contribution in [-0.2, 0) is 21.4 Å².